The molecule has 0 saturated heterocycles. The molecule has 0 aliphatic rings. The van der Waals surface area contributed by atoms with Crippen LogP contribution in [-0.4, -0.2) is 6.54 Å². The number of hydrogen-bond donors (Lipinski definition) is 0. The van der Waals surface area contributed by atoms with Gasteiger partial charge in [-0.3, -0.25) is 0 Å². The Kier molecular flexibility index (Phi) is 4.11. The number of anilines is 1. The molecule has 1 heterocycles. The van der Waals surface area contributed by atoms with Crippen LogP contribution in [0.1, 0.15) is 11.3 Å². The number of benzene rings is 1. The molecule has 0 aliphatic heterocycles. The first kappa shape index (κ1) is 12.8. The molecule has 0 fully saturated rings. The van der Waals surface area contributed by atoms with Gasteiger partial charge in [0.15, 0.2) is 5.22 Å². The summed E-state index contributed by atoms with van der Waals surface area (Å²) in [6.45, 7) is 7.32. The minimum absolute atomic E-state index is 0.424. The molecule has 18 heavy (non-hydrogen) atoms. The van der Waals surface area contributed by atoms with E-state index in [1.54, 1.807) is 6.07 Å². The standard InChI is InChI=1S/C15H16ClNO/c1-3-10-17(11-14-8-9-15(16)18-14)13-6-4-12(2)5-7-13/h3-9H,1,10-11H2,2H3. The van der Waals surface area contributed by atoms with Gasteiger partial charge in [0, 0.05) is 12.2 Å². The van der Waals surface area contributed by atoms with Gasteiger partial charge in [0.2, 0.25) is 0 Å². The fourth-order valence-electron chi connectivity index (χ4n) is 1.80. The maximum Gasteiger partial charge on any atom is 0.193 e. The van der Waals surface area contributed by atoms with E-state index in [4.69, 9.17) is 16.0 Å². The van der Waals surface area contributed by atoms with E-state index < -0.39 is 0 Å². The summed E-state index contributed by atoms with van der Waals surface area (Å²) < 4.78 is 5.39. The quantitative estimate of drug-likeness (QED) is 0.740. The zero-order valence-corrected chi connectivity index (χ0v) is 11.2. The Morgan fingerprint density at radius 2 is 1.94 bits per heavy atom. The summed E-state index contributed by atoms with van der Waals surface area (Å²) in [7, 11) is 0. The van der Waals surface area contributed by atoms with Crippen LogP contribution in [0, 0.1) is 6.92 Å². The summed E-state index contributed by atoms with van der Waals surface area (Å²) in [5.74, 6) is 0.849. The van der Waals surface area contributed by atoms with Gasteiger partial charge in [0.25, 0.3) is 0 Å². The van der Waals surface area contributed by atoms with Crippen molar-refractivity contribution in [3.8, 4) is 0 Å². The Hall–Kier alpha value is -1.67. The summed E-state index contributed by atoms with van der Waals surface area (Å²) in [4.78, 5) is 2.18. The monoisotopic (exact) mass is 261 g/mol. The van der Waals surface area contributed by atoms with Crippen molar-refractivity contribution in [2.75, 3.05) is 11.4 Å². The predicted octanol–water partition coefficient (Wildman–Crippen LogP) is 4.43. The lowest BCUT2D eigenvalue weighted by atomic mass is 10.2. The van der Waals surface area contributed by atoms with Crippen LogP contribution >= 0.6 is 11.6 Å². The predicted molar refractivity (Wildman–Crippen MR) is 76.1 cm³/mol. The lowest BCUT2D eigenvalue weighted by Crippen LogP contribution is -2.22. The highest BCUT2D eigenvalue weighted by molar-refractivity contribution is 6.28. The van der Waals surface area contributed by atoms with Crippen molar-refractivity contribution >= 4 is 17.3 Å². The van der Waals surface area contributed by atoms with E-state index in [0.717, 1.165) is 18.0 Å². The summed E-state index contributed by atoms with van der Waals surface area (Å²) in [6.07, 6.45) is 1.88. The highest BCUT2D eigenvalue weighted by atomic mass is 35.5. The van der Waals surface area contributed by atoms with Gasteiger partial charge < -0.3 is 9.32 Å². The van der Waals surface area contributed by atoms with E-state index in [1.165, 1.54) is 5.56 Å². The van der Waals surface area contributed by atoms with Crippen molar-refractivity contribution in [3.63, 3.8) is 0 Å². The molecule has 0 amide bonds. The second kappa shape index (κ2) is 5.78. The molecule has 2 rings (SSSR count). The van der Waals surface area contributed by atoms with Gasteiger partial charge in [0.05, 0.1) is 6.54 Å². The molecule has 0 radical (unpaired) electrons. The van der Waals surface area contributed by atoms with Crippen LogP contribution in [-0.2, 0) is 6.54 Å². The third kappa shape index (κ3) is 3.17. The van der Waals surface area contributed by atoms with Crippen molar-refractivity contribution in [2.24, 2.45) is 0 Å². The molecule has 0 spiro atoms. The van der Waals surface area contributed by atoms with Gasteiger partial charge in [-0.25, -0.2) is 0 Å². The SMILES string of the molecule is C=CCN(Cc1ccc(Cl)o1)c1ccc(C)cc1. The van der Waals surface area contributed by atoms with Crippen LogP contribution in [0.4, 0.5) is 5.69 Å². The van der Waals surface area contributed by atoms with Gasteiger partial charge in [-0.15, -0.1) is 6.58 Å². The lowest BCUT2D eigenvalue weighted by Gasteiger charge is -2.22. The highest BCUT2D eigenvalue weighted by Gasteiger charge is 2.08. The normalized spacial score (nSPS) is 10.3. The third-order valence-electron chi connectivity index (χ3n) is 2.72. The molecule has 0 N–H and O–H groups in total. The molecule has 0 saturated carbocycles. The van der Waals surface area contributed by atoms with Crippen molar-refractivity contribution < 1.29 is 4.42 Å². The number of aryl methyl sites for hydroxylation is 1. The second-order valence-corrected chi connectivity index (χ2v) is 4.58. The first-order valence-electron chi connectivity index (χ1n) is 5.86. The molecule has 1 aromatic carbocycles. The average molecular weight is 262 g/mol. The Morgan fingerprint density at radius 3 is 2.50 bits per heavy atom. The smallest absolute Gasteiger partial charge is 0.193 e. The minimum Gasteiger partial charge on any atom is -0.448 e. The van der Waals surface area contributed by atoms with Gasteiger partial charge in [-0.2, -0.15) is 0 Å². The molecular formula is C15H16ClNO. The van der Waals surface area contributed by atoms with Gasteiger partial charge >= 0.3 is 0 Å². The van der Waals surface area contributed by atoms with Crippen molar-refractivity contribution in [1.82, 2.24) is 0 Å². The van der Waals surface area contributed by atoms with Crippen LogP contribution in [0.25, 0.3) is 0 Å². The summed E-state index contributed by atoms with van der Waals surface area (Å²) >= 11 is 5.78. The Labute approximate surface area is 112 Å². The van der Waals surface area contributed by atoms with Crippen LogP contribution in [0.3, 0.4) is 0 Å². The molecule has 94 valence electrons. The Balaban J connectivity index is 2.17. The average Bonchev–Trinajstić information content (AvgIpc) is 2.75. The van der Waals surface area contributed by atoms with Gasteiger partial charge in [-0.05, 0) is 42.8 Å². The van der Waals surface area contributed by atoms with Crippen LogP contribution in [0.15, 0.2) is 53.5 Å². The third-order valence-corrected chi connectivity index (χ3v) is 2.93. The first-order chi connectivity index (χ1) is 8.69. The molecule has 2 nitrogen and oxygen atoms in total. The highest BCUT2D eigenvalue weighted by Crippen LogP contribution is 2.20. The van der Waals surface area contributed by atoms with Crippen molar-refractivity contribution in [3.05, 3.63) is 65.6 Å². The number of rotatable bonds is 5. The van der Waals surface area contributed by atoms with E-state index >= 15 is 0 Å². The Morgan fingerprint density at radius 1 is 1.22 bits per heavy atom. The number of hydrogen-bond acceptors (Lipinski definition) is 2. The summed E-state index contributed by atoms with van der Waals surface area (Å²) in [5.41, 5.74) is 2.39. The summed E-state index contributed by atoms with van der Waals surface area (Å²) in [5, 5.41) is 0.424. The van der Waals surface area contributed by atoms with Crippen LogP contribution in [0.2, 0.25) is 5.22 Å². The molecule has 0 aliphatic carbocycles. The summed E-state index contributed by atoms with van der Waals surface area (Å²) in [6, 6.07) is 12.1. The van der Waals surface area contributed by atoms with E-state index in [9.17, 15) is 0 Å². The number of furan rings is 1. The van der Waals surface area contributed by atoms with Crippen molar-refractivity contribution in [1.29, 1.82) is 0 Å². The van der Waals surface area contributed by atoms with Crippen LogP contribution < -0.4 is 4.90 Å². The lowest BCUT2D eigenvalue weighted by molar-refractivity contribution is 0.507. The zero-order chi connectivity index (χ0) is 13.0. The van der Waals surface area contributed by atoms with Crippen molar-refractivity contribution in [2.45, 2.75) is 13.5 Å². The fraction of sp³-hybridized carbons (Fsp3) is 0.200. The Bertz CT molecular complexity index is 516. The van der Waals surface area contributed by atoms with Gasteiger partial charge in [0.1, 0.15) is 5.76 Å². The molecule has 2 aromatic rings. The zero-order valence-electron chi connectivity index (χ0n) is 10.4. The molecule has 0 unspecified atom stereocenters. The first-order valence-corrected chi connectivity index (χ1v) is 6.23. The molecule has 0 atom stereocenters. The van der Waals surface area contributed by atoms with E-state index in [1.807, 2.05) is 12.1 Å². The molecule has 0 bridgehead atoms. The van der Waals surface area contributed by atoms with Crippen LogP contribution in [0.5, 0.6) is 0 Å². The fourth-order valence-corrected chi connectivity index (χ4v) is 1.96. The largest absolute Gasteiger partial charge is 0.448 e. The van der Waals surface area contributed by atoms with E-state index in [0.29, 0.717) is 11.8 Å². The molecule has 1 aromatic heterocycles. The topological polar surface area (TPSA) is 16.4 Å². The maximum atomic E-state index is 5.78. The second-order valence-electron chi connectivity index (χ2n) is 4.21. The minimum atomic E-state index is 0.424. The number of halogens is 1. The van der Waals surface area contributed by atoms with Gasteiger partial charge in [-0.1, -0.05) is 23.8 Å². The molecular weight excluding hydrogens is 246 g/mol. The van der Waals surface area contributed by atoms with E-state index in [-0.39, 0.29) is 0 Å². The molecule has 3 heteroatoms. The maximum absolute atomic E-state index is 5.78. The number of nitrogens with zero attached hydrogens (tertiary/aromatic N) is 1. The van der Waals surface area contributed by atoms with E-state index in [2.05, 4.69) is 42.7 Å².